The van der Waals surface area contributed by atoms with E-state index < -0.39 is 0 Å². The summed E-state index contributed by atoms with van der Waals surface area (Å²) >= 11 is 0. The quantitative estimate of drug-likeness (QED) is 0.561. The zero-order valence-corrected chi connectivity index (χ0v) is 10.6. The Morgan fingerprint density at radius 1 is 0.941 bits per heavy atom. The van der Waals surface area contributed by atoms with Gasteiger partial charge in [0.1, 0.15) is 0 Å². The lowest BCUT2D eigenvalue weighted by molar-refractivity contribution is 0.0972. The predicted octanol–water partition coefficient (Wildman–Crippen LogP) is 2.88. The number of nitrogens with zero attached hydrogens (tertiary/aromatic N) is 2. The van der Waals surface area contributed by atoms with Crippen molar-refractivity contribution in [2.75, 3.05) is 13.1 Å². The zero-order chi connectivity index (χ0) is 11.7. The van der Waals surface area contributed by atoms with Crippen molar-refractivity contribution in [1.29, 1.82) is 0 Å². The molecule has 3 fully saturated rings. The summed E-state index contributed by atoms with van der Waals surface area (Å²) in [6, 6.07) is 0.678. The number of fused-ring (bicyclic) bond motifs is 2. The molecule has 3 rings (SSSR count). The maximum absolute atomic E-state index is 9.28. The Balaban J connectivity index is 1.76. The van der Waals surface area contributed by atoms with Crippen LogP contribution < -0.4 is 0 Å². The van der Waals surface area contributed by atoms with E-state index in [2.05, 4.69) is 10.1 Å². The molecule has 3 nitrogen and oxygen atoms in total. The van der Waals surface area contributed by atoms with E-state index in [4.69, 9.17) is 0 Å². The van der Waals surface area contributed by atoms with Crippen LogP contribution in [0.3, 0.4) is 0 Å². The fourth-order valence-electron chi connectivity index (χ4n) is 4.28. The number of rotatable bonds is 1. The number of piperidine rings is 1. The lowest BCUT2D eigenvalue weighted by Crippen LogP contribution is -2.51. The SMILES string of the molecule is O/N=C1/C2CCCC1C(N1CCCCC1)CC2. The Hall–Kier alpha value is -0.570. The van der Waals surface area contributed by atoms with E-state index in [0.29, 0.717) is 17.9 Å². The molecular formula is C14H24N2O. The zero-order valence-electron chi connectivity index (χ0n) is 10.6. The first kappa shape index (κ1) is 11.5. The lowest BCUT2D eigenvalue weighted by atomic mass is 9.67. The summed E-state index contributed by atoms with van der Waals surface area (Å²) < 4.78 is 0. The fourth-order valence-corrected chi connectivity index (χ4v) is 4.28. The van der Waals surface area contributed by atoms with Crippen molar-refractivity contribution in [1.82, 2.24) is 4.90 Å². The van der Waals surface area contributed by atoms with Gasteiger partial charge in [-0.2, -0.15) is 0 Å². The molecule has 2 bridgehead atoms. The van der Waals surface area contributed by atoms with Gasteiger partial charge in [0, 0.05) is 17.9 Å². The molecule has 0 amide bonds. The summed E-state index contributed by atoms with van der Waals surface area (Å²) in [7, 11) is 0. The number of hydrogen-bond acceptors (Lipinski definition) is 3. The van der Waals surface area contributed by atoms with E-state index in [1.165, 1.54) is 64.5 Å². The van der Waals surface area contributed by atoms with Gasteiger partial charge in [-0.3, -0.25) is 4.90 Å². The van der Waals surface area contributed by atoms with Crippen molar-refractivity contribution in [3.8, 4) is 0 Å². The van der Waals surface area contributed by atoms with Crippen LogP contribution in [0.4, 0.5) is 0 Å². The van der Waals surface area contributed by atoms with Gasteiger partial charge >= 0.3 is 0 Å². The van der Waals surface area contributed by atoms with Gasteiger partial charge in [-0.1, -0.05) is 18.0 Å². The predicted molar refractivity (Wildman–Crippen MR) is 68.5 cm³/mol. The third-order valence-corrected chi connectivity index (χ3v) is 5.12. The van der Waals surface area contributed by atoms with Gasteiger partial charge in [-0.25, -0.2) is 0 Å². The molecule has 0 spiro atoms. The molecule has 17 heavy (non-hydrogen) atoms. The van der Waals surface area contributed by atoms with Crippen LogP contribution in [0.15, 0.2) is 5.16 Å². The van der Waals surface area contributed by atoms with Gasteiger partial charge in [0.25, 0.3) is 0 Å². The number of oxime groups is 1. The molecule has 1 saturated heterocycles. The summed E-state index contributed by atoms with van der Waals surface area (Å²) in [5.41, 5.74) is 1.14. The molecule has 2 saturated carbocycles. The van der Waals surface area contributed by atoms with Gasteiger partial charge < -0.3 is 5.21 Å². The molecule has 1 aliphatic heterocycles. The molecule has 96 valence electrons. The minimum Gasteiger partial charge on any atom is -0.411 e. The van der Waals surface area contributed by atoms with Crippen molar-refractivity contribution in [2.45, 2.75) is 57.4 Å². The van der Waals surface area contributed by atoms with Crippen LogP contribution in [0.25, 0.3) is 0 Å². The maximum Gasteiger partial charge on any atom is 0.0648 e. The van der Waals surface area contributed by atoms with E-state index in [-0.39, 0.29) is 0 Å². The van der Waals surface area contributed by atoms with Crippen molar-refractivity contribution < 1.29 is 5.21 Å². The van der Waals surface area contributed by atoms with E-state index in [9.17, 15) is 5.21 Å². The van der Waals surface area contributed by atoms with Crippen LogP contribution in [0.2, 0.25) is 0 Å². The fraction of sp³-hybridized carbons (Fsp3) is 0.929. The van der Waals surface area contributed by atoms with Crippen LogP contribution >= 0.6 is 0 Å². The normalized spacial score (nSPS) is 41.6. The van der Waals surface area contributed by atoms with Crippen molar-refractivity contribution >= 4 is 5.71 Å². The van der Waals surface area contributed by atoms with Gasteiger partial charge in [0.2, 0.25) is 0 Å². The number of likely N-dealkylation sites (tertiary alicyclic amines) is 1. The summed E-state index contributed by atoms with van der Waals surface area (Å²) in [5, 5.41) is 12.9. The third-order valence-electron chi connectivity index (χ3n) is 5.12. The Morgan fingerprint density at radius 2 is 1.76 bits per heavy atom. The van der Waals surface area contributed by atoms with E-state index >= 15 is 0 Å². The van der Waals surface area contributed by atoms with Gasteiger partial charge in [0.05, 0.1) is 5.71 Å². The first-order valence-electron chi connectivity index (χ1n) is 7.36. The van der Waals surface area contributed by atoms with Gasteiger partial charge in [-0.05, 0) is 51.6 Å². The largest absolute Gasteiger partial charge is 0.411 e. The van der Waals surface area contributed by atoms with Gasteiger partial charge in [-0.15, -0.1) is 0 Å². The monoisotopic (exact) mass is 236 g/mol. The van der Waals surface area contributed by atoms with Crippen molar-refractivity contribution in [3.05, 3.63) is 0 Å². The highest BCUT2D eigenvalue weighted by Crippen LogP contribution is 2.40. The highest BCUT2D eigenvalue weighted by molar-refractivity contribution is 5.90. The molecule has 3 aliphatic rings. The second-order valence-electron chi connectivity index (χ2n) is 6.00. The average Bonchev–Trinajstić information content (AvgIpc) is 2.39. The molecule has 1 N–H and O–H groups in total. The van der Waals surface area contributed by atoms with Crippen molar-refractivity contribution in [2.24, 2.45) is 17.0 Å². The maximum atomic E-state index is 9.28. The summed E-state index contributed by atoms with van der Waals surface area (Å²) in [6.07, 6.45) is 10.5. The second-order valence-corrected chi connectivity index (χ2v) is 6.00. The lowest BCUT2D eigenvalue weighted by Gasteiger charge is -2.46. The van der Waals surface area contributed by atoms with E-state index in [0.717, 1.165) is 5.71 Å². The van der Waals surface area contributed by atoms with Crippen molar-refractivity contribution in [3.63, 3.8) is 0 Å². The molecule has 1 heterocycles. The molecule has 3 atom stereocenters. The molecule has 0 radical (unpaired) electrons. The molecule has 0 aromatic rings. The molecule has 0 aromatic carbocycles. The van der Waals surface area contributed by atoms with E-state index in [1.54, 1.807) is 0 Å². The third kappa shape index (κ3) is 2.10. The van der Waals surface area contributed by atoms with Crippen LogP contribution in [-0.4, -0.2) is 35.0 Å². The molecule has 2 aliphatic carbocycles. The van der Waals surface area contributed by atoms with Crippen LogP contribution in [0.5, 0.6) is 0 Å². The first-order valence-corrected chi connectivity index (χ1v) is 7.36. The molecular weight excluding hydrogens is 212 g/mol. The molecule has 0 aromatic heterocycles. The Bertz CT molecular complexity index is 297. The first-order chi connectivity index (χ1) is 8.40. The highest BCUT2D eigenvalue weighted by Gasteiger charge is 2.41. The van der Waals surface area contributed by atoms with E-state index in [1.807, 2.05) is 0 Å². The Kier molecular flexibility index (Phi) is 3.37. The average molecular weight is 236 g/mol. The molecule has 3 unspecified atom stereocenters. The number of hydrogen-bond donors (Lipinski definition) is 1. The Labute approximate surface area is 104 Å². The second kappa shape index (κ2) is 4.97. The Morgan fingerprint density at radius 3 is 2.53 bits per heavy atom. The minimum atomic E-state index is 0.561. The van der Waals surface area contributed by atoms with Crippen LogP contribution in [0, 0.1) is 11.8 Å². The van der Waals surface area contributed by atoms with Gasteiger partial charge in [0.15, 0.2) is 0 Å². The summed E-state index contributed by atoms with van der Waals surface area (Å²) in [4.78, 5) is 2.68. The van der Waals surface area contributed by atoms with Crippen LogP contribution in [-0.2, 0) is 0 Å². The standard InChI is InChI=1S/C14H24N2O/c17-15-14-11-5-4-6-12(14)13(8-7-11)16-9-2-1-3-10-16/h11-13,17H,1-10H2/b15-14-. The topological polar surface area (TPSA) is 35.8 Å². The smallest absolute Gasteiger partial charge is 0.0648 e. The molecule has 3 heteroatoms. The van der Waals surface area contributed by atoms with Crippen LogP contribution in [0.1, 0.15) is 51.4 Å². The minimum absolute atomic E-state index is 0.561. The summed E-state index contributed by atoms with van der Waals surface area (Å²) in [5.74, 6) is 1.16. The summed E-state index contributed by atoms with van der Waals surface area (Å²) in [6.45, 7) is 2.54. The highest BCUT2D eigenvalue weighted by atomic mass is 16.4.